The van der Waals surface area contributed by atoms with Gasteiger partial charge < -0.3 is 9.42 Å². The van der Waals surface area contributed by atoms with E-state index >= 15 is 0 Å². The van der Waals surface area contributed by atoms with Gasteiger partial charge in [-0.2, -0.15) is 19.6 Å². The van der Waals surface area contributed by atoms with Gasteiger partial charge in [0.25, 0.3) is 5.78 Å². The lowest BCUT2D eigenvalue weighted by atomic mass is 10.2. The fraction of sp³-hybridized carbons (Fsp3) is 0.462. The maximum absolute atomic E-state index is 5.12. The Kier molecular flexibility index (Phi) is 2.63. The van der Waals surface area contributed by atoms with Crippen molar-refractivity contribution in [3.05, 3.63) is 29.8 Å². The van der Waals surface area contributed by atoms with Gasteiger partial charge in [0.1, 0.15) is 12.1 Å². The van der Waals surface area contributed by atoms with Crippen LogP contribution in [0.2, 0.25) is 0 Å². The topological polar surface area (TPSA) is 85.2 Å². The van der Waals surface area contributed by atoms with Gasteiger partial charge in [-0.25, -0.2) is 4.98 Å². The van der Waals surface area contributed by atoms with Crippen LogP contribution in [0.5, 0.6) is 0 Å². The first-order valence-corrected chi connectivity index (χ1v) is 6.96. The molecule has 1 atom stereocenters. The summed E-state index contributed by atoms with van der Waals surface area (Å²) in [5.41, 5.74) is 0.917. The molecule has 3 aromatic rings. The molecule has 0 spiro atoms. The van der Waals surface area contributed by atoms with Gasteiger partial charge in [-0.15, -0.1) is 0 Å². The molecule has 1 fully saturated rings. The molecule has 4 rings (SSSR count). The third-order valence-corrected chi connectivity index (χ3v) is 3.75. The van der Waals surface area contributed by atoms with Crippen LogP contribution >= 0.6 is 0 Å². The lowest BCUT2D eigenvalue weighted by Crippen LogP contribution is -2.26. The number of rotatable bonds is 2. The van der Waals surface area contributed by atoms with Crippen molar-refractivity contribution < 1.29 is 4.52 Å². The minimum atomic E-state index is 0.108. The molecule has 4 heterocycles. The van der Waals surface area contributed by atoms with Crippen molar-refractivity contribution in [2.45, 2.75) is 32.7 Å². The Bertz CT molecular complexity index is 793. The van der Waals surface area contributed by atoms with Gasteiger partial charge >= 0.3 is 0 Å². The fourth-order valence-corrected chi connectivity index (χ4v) is 2.88. The van der Waals surface area contributed by atoms with E-state index in [1.54, 1.807) is 4.52 Å². The molecule has 0 aromatic carbocycles. The van der Waals surface area contributed by atoms with Gasteiger partial charge in [-0.05, 0) is 19.8 Å². The Labute approximate surface area is 120 Å². The van der Waals surface area contributed by atoms with E-state index in [-0.39, 0.29) is 6.04 Å². The minimum Gasteiger partial charge on any atom is -0.346 e. The Morgan fingerprint density at radius 2 is 2.19 bits per heavy atom. The normalized spacial score (nSPS) is 18.8. The molecular formula is C13H15N7O. The number of aryl methyl sites for hydroxylation is 2. The zero-order chi connectivity index (χ0) is 14.4. The van der Waals surface area contributed by atoms with Crippen LogP contribution in [0.3, 0.4) is 0 Å². The summed E-state index contributed by atoms with van der Waals surface area (Å²) in [6.45, 7) is 4.69. The van der Waals surface area contributed by atoms with E-state index in [1.165, 1.54) is 6.33 Å². The first-order valence-electron chi connectivity index (χ1n) is 6.96. The van der Waals surface area contributed by atoms with Gasteiger partial charge in [0, 0.05) is 25.2 Å². The maximum Gasteiger partial charge on any atom is 0.254 e. The van der Waals surface area contributed by atoms with Gasteiger partial charge in [0.2, 0.25) is 5.89 Å². The number of aromatic nitrogens is 6. The van der Waals surface area contributed by atoms with Crippen LogP contribution in [0.1, 0.15) is 36.3 Å². The summed E-state index contributed by atoms with van der Waals surface area (Å²) < 4.78 is 6.88. The zero-order valence-corrected chi connectivity index (χ0v) is 11.9. The Morgan fingerprint density at radius 1 is 1.29 bits per heavy atom. The molecule has 0 unspecified atom stereocenters. The molecule has 1 aliphatic rings. The molecule has 3 aromatic heterocycles. The quantitative estimate of drug-likeness (QED) is 0.704. The average molecular weight is 285 g/mol. The van der Waals surface area contributed by atoms with Crippen LogP contribution in [-0.2, 0) is 0 Å². The summed E-state index contributed by atoms with van der Waals surface area (Å²) in [6, 6.07) is 2.13. The highest BCUT2D eigenvalue weighted by atomic mass is 16.5. The molecule has 0 radical (unpaired) electrons. The van der Waals surface area contributed by atoms with Crippen LogP contribution in [-0.4, -0.2) is 36.3 Å². The summed E-state index contributed by atoms with van der Waals surface area (Å²) in [6.07, 6.45) is 3.60. The zero-order valence-electron chi connectivity index (χ0n) is 11.9. The molecule has 108 valence electrons. The second-order valence-electron chi connectivity index (χ2n) is 5.25. The number of fused-ring (bicyclic) bond motifs is 1. The van der Waals surface area contributed by atoms with Crippen LogP contribution in [0, 0.1) is 13.8 Å². The number of anilines is 1. The van der Waals surface area contributed by atoms with Crippen molar-refractivity contribution >= 4 is 11.6 Å². The SMILES string of the molecule is Cc1cc(N2CCC[C@@H]2c2noc(C)n2)n2ncnc2n1. The highest BCUT2D eigenvalue weighted by Gasteiger charge is 2.31. The second-order valence-corrected chi connectivity index (χ2v) is 5.25. The third kappa shape index (κ3) is 1.94. The Balaban J connectivity index is 1.81. The summed E-state index contributed by atoms with van der Waals surface area (Å²) in [5.74, 6) is 2.90. The monoisotopic (exact) mass is 285 g/mol. The van der Waals surface area contributed by atoms with E-state index in [0.29, 0.717) is 11.7 Å². The standard InChI is InChI=1S/C13H15N7O/c1-8-6-11(20-13(16-8)14-7-15-20)19-5-3-4-10(19)12-17-9(2)21-18-12/h6-7,10H,3-5H2,1-2H3/t10-/m1/s1. The summed E-state index contributed by atoms with van der Waals surface area (Å²) in [5, 5.41) is 8.35. The largest absolute Gasteiger partial charge is 0.346 e. The number of nitrogens with zero attached hydrogens (tertiary/aromatic N) is 7. The van der Waals surface area contributed by atoms with Crippen LogP contribution in [0.25, 0.3) is 5.78 Å². The van der Waals surface area contributed by atoms with Crippen LogP contribution < -0.4 is 4.90 Å². The minimum absolute atomic E-state index is 0.108. The predicted molar refractivity (Wildman–Crippen MR) is 73.9 cm³/mol. The molecule has 0 N–H and O–H groups in total. The van der Waals surface area contributed by atoms with Gasteiger partial charge in [-0.1, -0.05) is 5.16 Å². The molecule has 0 aliphatic carbocycles. The lowest BCUT2D eigenvalue weighted by Gasteiger charge is -2.24. The maximum atomic E-state index is 5.12. The number of hydrogen-bond acceptors (Lipinski definition) is 7. The van der Waals surface area contributed by atoms with Gasteiger partial charge in [0.15, 0.2) is 5.82 Å². The van der Waals surface area contributed by atoms with E-state index in [4.69, 9.17) is 4.52 Å². The van der Waals surface area contributed by atoms with Gasteiger partial charge in [0.05, 0.1) is 6.04 Å². The van der Waals surface area contributed by atoms with E-state index in [2.05, 4.69) is 30.1 Å². The molecule has 1 saturated heterocycles. The average Bonchev–Trinajstić information content (AvgIpc) is 3.15. The van der Waals surface area contributed by atoms with Crippen molar-refractivity contribution in [3.63, 3.8) is 0 Å². The van der Waals surface area contributed by atoms with Crippen molar-refractivity contribution in [1.82, 2.24) is 29.7 Å². The fourth-order valence-electron chi connectivity index (χ4n) is 2.88. The highest BCUT2D eigenvalue weighted by Crippen LogP contribution is 2.34. The van der Waals surface area contributed by atoms with E-state index in [1.807, 2.05) is 19.9 Å². The first kappa shape index (κ1) is 12.2. The lowest BCUT2D eigenvalue weighted by molar-refractivity contribution is 0.383. The molecular weight excluding hydrogens is 270 g/mol. The molecule has 21 heavy (non-hydrogen) atoms. The smallest absolute Gasteiger partial charge is 0.254 e. The van der Waals surface area contributed by atoms with Crippen molar-refractivity contribution in [2.24, 2.45) is 0 Å². The highest BCUT2D eigenvalue weighted by molar-refractivity contribution is 5.49. The third-order valence-electron chi connectivity index (χ3n) is 3.75. The summed E-state index contributed by atoms with van der Waals surface area (Å²) in [4.78, 5) is 15.2. The Morgan fingerprint density at radius 3 is 3.00 bits per heavy atom. The first-order chi connectivity index (χ1) is 10.2. The van der Waals surface area contributed by atoms with Crippen molar-refractivity contribution in [1.29, 1.82) is 0 Å². The molecule has 0 bridgehead atoms. The molecule has 1 aliphatic heterocycles. The molecule has 0 saturated carbocycles. The molecule has 8 nitrogen and oxygen atoms in total. The summed E-state index contributed by atoms with van der Waals surface area (Å²) in [7, 11) is 0. The Hall–Kier alpha value is -2.51. The van der Waals surface area contributed by atoms with Gasteiger partial charge in [-0.3, -0.25) is 0 Å². The van der Waals surface area contributed by atoms with Crippen LogP contribution in [0.4, 0.5) is 5.82 Å². The number of hydrogen-bond donors (Lipinski definition) is 0. The van der Waals surface area contributed by atoms with E-state index in [9.17, 15) is 0 Å². The van der Waals surface area contributed by atoms with E-state index < -0.39 is 0 Å². The molecule has 8 heteroatoms. The summed E-state index contributed by atoms with van der Waals surface area (Å²) >= 11 is 0. The van der Waals surface area contributed by atoms with E-state index in [0.717, 1.165) is 36.7 Å². The van der Waals surface area contributed by atoms with Crippen molar-refractivity contribution in [2.75, 3.05) is 11.4 Å². The second kappa shape index (κ2) is 4.51. The van der Waals surface area contributed by atoms with Crippen LogP contribution in [0.15, 0.2) is 16.9 Å². The van der Waals surface area contributed by atoms with Crippen molar-refractivity contribution in [3.8, 4) is 0 Å². The molecule has 0 amide bonds. The predicted octanol–water partition coefficient (Wildman–Crippen LogP) is 1.47.